The highest BCUT2D eigenvalue weighted by atomic mass is 19.1. The zero-order valence-electron chi connectivity index (χ0n) is 18.5. The molecule has 172 valence electrons. The van der Waals surface area contributed by atoms with Gasteiger partial charge in [0.2, 0.25) is 5.88 Å². The van der Waals surface area contributed by atoms with Gasteiger partial charge in [-0.1, -0.05) is 30.3 Å². The molecule has 34 heavy (non-hydrogen) atoms. The maximum Gasteiger partial charge on any atom is 0.254 e. The first-order chi connectivity index (χ1) is 16.7. The van der Waals surface area contributed by atoms with E-state index in [9.17, 15) is 9.18 Å². The number of para-hydroxylation sites is 1. The van der Waals surface area contributed by atoms with E-state index in [0.717, 1.165) is 18.4 Å². The minimum atomic E-state index is -0.464. The van der Waals surface area contributed by atoms with Crippen LogP contribution in [0.15, 0.2) is 79.4 Å². The van der Waals surface area contributed by atoms with Gasteiger partial charge in [0.05, 0.1) is 6.54 Å². The molecule has 4 aromatic rings. The lowest BCUT2D eigenvalue weighted by Crippen LogP contribution is -2.39. The van der Waals surface area contributed by atoms with E-state index in [4.69, 9.17) is 4.74 Å². The molecule has 1 saturated heterocycles. The van der Waals surface area contributed by atoms with E-state index >= 15 is 0 Å². The molecule has 1 aliphatic heterocycles. The second kappa shape index (κ2) is 9.82. The largest absolute Gasteiger partial charge is 0.434 e. The lowest BCUT2D eigenvalue weighted by Gasteiger charge is -2.33. The van der Waals surface area contributed by atoms with Crippen molar-refractivity contribution in [3.8, 4) is 11.6 Å². The van der Waals surface area contributed by atoms with E-state index in [2.05, 4.69) is 15.1 Å². The van der Waals surface area contributed by atoms with E-state index in [-0.39, 0.29) is 23.5 Å². The summed E-state index contributed by atoms with van der Waals surface area (Å²) in [5.74, 6) is -0.181. The molecule has 8 heteroatoms. The van der Waals surface area contributed by atoms with Crippen molar-refractivity contribution in [3.63, 3.8) is 0 Å². The minimum Gasteiger partial charge on any atom is -0.434 e. The monoisotopic (exact) mass is 457 g/mol. The maximum atomic E-state index is 14.1. The zero-order chi connectivity index (χ0) is 23.3. The SMILES string of the molecule is O=C(c1ccccc1Cn1cccn1)N1CCC[C@@H](c2nccnc2Oc2ccccc2F)C1. The molecule has 1 amide bonds. The fraction of sp³-hybridized carbons (Fsp3) is 0.231. The summed E-state index contributed by atoms with van der Waals surface area (Å²) in [6.07, 6.45) is 8.39. The number of piperidine rings is 1. The number of benzene rings is 2. The smallest absolute Gasteiger partial charge is 0.254 e. The number of carbonyl (C=O) groups excluding carboxylic acids is 1. The van der Waals surface area contributed by atoms with Crippen molar-refractivity contribution in [2.75, 3.05) is 13.1 Å². The van der Waals surface area contributed by atoms with Crippen molar-refractivity contribution in [3.05, 3.63) is 102 Å². The van der Waals surface area contributed by atoms with Gasteiger partial charge >= 0.3 is 0 Å². The van der Waals surface area contributed by atoms with Gasteiger partial charge in [0.25, 0.3) is 5.91 Å². The van der Waals surface area contributed by atoms with Gasteiger partial charge in [0.1, 0.15) is 5.69 Å². The van der Waals surface area contributed by atoms with Crippen LogP contribution in [0.25, 0.3) is 0 Å². The third-order valence-electron chi connectivity index (χ3n) is 5.97. The van der Waals surface area contributed by atoms with Crippen molar-refractivity contribution in [1.29, 1.82) is 0 Å². The van der Waals surface area contributed by atoms with Crippen LogP contribution in [0.5, 0.6) is 11.6 Å². The van der Waals surface area contributed by atoms with Gasteiger partial charge in [-0.3, -0.25) is 14.5 Å². The molecule has 3 heterocycles. The second-order valence-corrected chi connectivity index (χ2v) is 8.23. The first kappa shape index (κ1) is 21.8. The fourth-order valence-electron chi connectivity index (χ4n) is 4.32. The third-order valence-corrected chi connectivity index (χ3v) is 5.97. The molecule has 0 radical (unpaired) electrons. The number of hydrogen-bond donors (Lipinski definition) is 0. The standard InChI is InChI=1S/C26H24FN5O2/c27-22-10-3-4-11-23(22)34-25-24(28-13-14-29-25)20-8-5-15-31(17-20)26(33)21-9-2-1-7-19(21)18-32-16-6-12-30-32/h1-4,6-7,9-14,16,20H,5,8,15,17-18H2/t20-/m1/s1. The highest BCUT2D eigenvalue weighted by Crippen LogP contribution is 2.34. The molecule has 0 N–H and O–H groups in total. The van der Waals surface area contributed by atoms with Crippen LogP contribution in [-0.4, -0.2) is 43.6 Å². The second-order valence-electron chi connectivity index (χ2n) is 8.23. The van der Waals surface area contributed by atoms with Crippen molar-refractivity contribution >= 4 is 5.91 Å². The summed E-state index contributed by atoms with van der Waals surface area (Å²) in [6, 6.07) is 15.7. The number of halogens is 1. The number of hydrogen-bond acceptors (Lipinski definition) is 5. The summed E-state index contributed by atoms with van der Waals surface area (Å²) in [7, 11) is 0. The van der Waals surface area contributed by atoms with E-state index in [1.165, 1.54) is 12.3 Å². The van der Waals surface area contributed by atoms with E-state index in [0.29, 0.717) is 30.9 Å². The quantitative estimate of drug-likeness (QED) is 0.421. The molecule has 7 nitrogen and oxygen atoms in total. The van der Waals surface area contributed by atoms with Gasteiger partial charge in [-0.15, -0.1) is 0 Å². The Hall–Kier alpha value is -4.07. The number of ether oxygens (including phenoxy) is 1. The lowest BCUT2D eigenvalue weighted by molar-refractivity contribution is 0.0703. The molecule has 0 spiro atoms. The molecule has 0 aliphatic carbocycles. The van der Waals surface area contributed by atoms with Gasteiger partial charge in [-0.05, 0) is 42.7 Å². The Morgan fingerprint density at radius 1 is 1.03 bits per heavy atom. The van der Waals surface area contributed by atoms with Crippen LogP contribution in [0.3, 0.4) is 0 Å². The molecule has 2 aromatic heterocycles. The van der Waals surface area contributed by atoms with Crippen LogP contribution in [0.2, 0.25) is 0 Å². The number of amides is 1. The third kappa shape index (κ3) is 4.66. The highest BCUT2D eigenvalue weighted by molar-refractivity contribution is 5.95. The van der Waals surface area contributed by atoms with Gasteiger partial charge in [0.15, 0.2) is 11.6 Å². The fourth-order valence-corrected chi connectivity index (χ4v) is 4.32. The average Bonchev–Trinajstić information content (AvgIpc) is 3.39. The number of rotatable bonds is 6. The Labute approximate surface area is 196 Å². The van der Waals surface area contributed by atoms with Crippen LogP contribution in [0.1, 0.15) is 40.4 Å². The average molecular weight is 458 g/mol. The molecule has 0 bridgehead atoms. The van der Waals surface area contributed by atoms with Crippen LogP contribution in [0.4, 0.5) is 4.39 Å². The normalized spacial score (nSPS) is 15.8. The van der Waals surface area contributed by atoms with Gasteiger partial charge in [0, 0.05) is 49.4 Å². The van der Waals surface area contributed by atoms with Crippen LogP contribution in [0, 0.1) is 5.82 Å². The molecular formula is C26H24FN5O2. The Bertz CT molecular complexity index is 1280. The number of aromatic nitrogens is 4. The molecule has 1 atom stereocenters. The van der Waals surface area contributed by atoms with Crippen molar-refractivity contribution in [1.82, 2.24) is 24.6 Å². The maximum absolute atomic E-state index is 14.1. The Morgan fingerprint density at radius 3 is 2.71 bits per heavy atom. The lowest BCUT2D eigenvalue weighted by atomic mass is 9.93. The minimum absolute atomic E-state index is 0.0204. The van der Waals surface area contributed by atoms with Crippen LogP contribution < -0.4 is 4.74 Å². The molecule has 1 fully saturated rings. The van der Waals surface area contributed by atoms with Gasteiger partial charge in [-0.2, -0.15) is 5.10 Å². The zero-order valence-corrected chi connectivity index (χ0v) is 18.5. The van der Waals surface area contributed by atoms with Crippen molar-refractivity contribution < 1.29 is 13.9 Å². The molecule has 0 saturated carbocycles. The molecular weight excluding hydrogens is 433 g/mol. The van der Waals surface area contributed by atoms with Crippen LogP contribution >= 0.6 is 0 Å². The van der Waals surface area contributed by atoms with Gasteiger partial charge in [-0.25, -0.2) is 9.37 Å². The van der Waals surface area contributed by atoms with E-state index in [1.807, 2.05) is 41.4 Å². The summed E-state index contributed by atoms with van der Waals surface area (Å²) in [5.41, 5.74) is 2.22. The predicted octanol–water partition coefficient (Wildman–Crippen LogP) is 4.67. The summed E-state index contributed by atoms with van der Waals surface area (Å²) in [5, 5.41) is 4.26. The van der Waals surface area contributed by atoms with Crippen molar-refractivity contribution in [2.45, 2.75) is 25.3 Å². The summed E-state index contributed by atoms with van der Waals surface area (Å²) in [4.78, 5) is 24.2. The molecule has 2 aromatic carbocycles. The summed E-state index contributed by atoms with van der Waals surface area (Å²) >= 11 is 0. The van der Waals surface area contributed by atoms with Crippen molar-refractivity contribution in [2.24, 2.45) is 0 Å². The number of carbonyl (C=O) groups is 1. The van der Waals surface area contributed by atoms with E-state index in [1.54, 1.807) is 35.3 Å². The van der Waals surface area contributed by atoms with Gasteiger partial charge < -0.3 is 9.64 Å². The Balaban J connectivity index is 1.37. The first-order valence-electron chi connectivity index (χ1n) is 11.3. The molecule has 5 rings (SSSR count). The van der Waals surface area contributed by atoms with E-state index < -0.39 is 5.82 Å². The first-order valence-corrected chi connectivity index (χ1v) is 11.3. The Morgan fingerprint density at radius 2 is 1.85 bits per heavy atom. The molecule has 1 aliphatic rings. The predicted molar refractivity (Wildman–Crippen MR) is 124 cm³/mol. The molecule has 0 unspecified atom stereocenters. The number of likely N-dealkylation sites (tertiary alicyclic amines) is 1. The summed E-state index contributed by atoms with van der Waals surface area (Å²) < 4.78 is 21.7. The highest BCUT2D eigenvalue weighted by Gasteiger charge is 2.30. The van der Waals surface area contributed by atoms with Crippen LogP contribution in [-0.2, 0) is 6.54 Å². The Kier molecular flexibility index (Phi) is 6.29. The summed E-state index contributed by atoms with van der Waals surface area (Å²) in [6.45, 7) is 1.67. The topological polar surface area (TPSA) is 73.1 Å². The number of nitrogens with zero attached hydrogens (tertiary/aromatic N) is 5.